The van der Waals surface area contributed by atoms with Crippen molar-refractivity contribution in [1.29, 1.82) is 0 Å². The Morgan fingerprint density at radius 1 is 1.16 bits per heavy atom. The number of hydrogen-bond donors (Lipinski definition) is 1. The first-order valence-corrected chi connectivity index (χ1v) is 6.86. The number of imide groups is 1. The number of hydrogen-bond acceptors (Lipinski definition) is 4. The van der Waals surface area contributed by atoms with Crippen molar-refractivity contribution in [1.82, 2.24) is 20.1 Å². The summed E-state index contributed by atoms with van der Waals surface area (Å²) in [7, 11) is 0. The first-order valence-electron chi connectivity index (χ1n) is 6.86. The fourth-order valence-electron chi connectivity index (χ4n) is 3.32. The zero-order valence-corrected chi connectivity index (χ0v) is 10.9. The van der Waals surface area contributed by atoms with Crippen LogP contribution >= 0.6 is 0 Å². The summed E-state index contributed by atoms with van der Waals surface area (Å²) >= 11 is 0. The average Bonchev–Trinajstić information content (AvgIpc) is 2.88. The molecule has 1 aliphatic carbocycles. The van der Waals surface area contributed by atoms with Crippen LogP contribution < -0.4 is 0 Å². The molecular formula is C13H18N4O2. The topological polar surface area (TPSA) is 79.0 Å². The highest BCUT2D eigenvalue weighted by atomic mass is 16.2. The minimum absolute atomic E-state index is 0.0513. The summed E-state index contributed by atoms with van der Waals surface area (Å²) in [4.78, 5) is 29.8. The lowest BCUT2D eigenvalue weighted by Gasteiger charge is -2.42. The summed E-state index contributed by atoms with van der Waals surface area (Å²) in [5, 5.41) is 6.43. The van der Waals surface area contributed by atoms with Gasteiger partial charge in [-0.25, -0.2) is 4.98 Å². The number of likely N-dealkylation sites (tertiary alicyclic amines) is 1. The van der Waals surface area contributed by atoms with Gasteiger partial charge in [0.2, 0.25) is 11.8 Å². The van der Waals surface area contributed by atoms with Crippen LogP contribution in [0, 0.1) is 5.41 Å². The van der Waals surface area contributed by atoms with E-state index in [9.17, 15) is 9.59 Å². The normalized spacial score (nSPS) is 23.1. The molecule has 1 spiro atoms. The molecule has 1 saturated carbocycles. The second kappa shape index (κ2) is 4.75. The number of H-pyrrole nitrogens is 1. The van der Waals surface area contributed by atoms with Gasteiger partial charge in [-0.1, -0.05) is 19.3 Å². The molecule has 102 valence electrons. The van der Waals surface area contributed by atoms with E-state index in [4.69, 9.17) is 0 Å². The van der Waals surface area contributed by atoms with Crippen LogP contribution in [0.15, 0.2) is 6.33 Å². The lowest BCUT2D eigenvalue weighted by atomic mass is 9.67. The molecular weight excluding hydrogens is 244 g/mol. The van der Waals surface area contributed by atoms with Gasteiger partial charge in [0, 0.05) is 12.8 Å². The van der Waals surface area contributed by atoms with E-state index in [1.807, 2.05) is 0 Å². The third-order valence-electron chi connectivity index (χ3n) is 4.34. The number of piperidine rings is 1. The molecule has 6 heteroatoms. The maximum atomic E-state index is 12.2. The maximum Gasteiger partial charge on any atom is 0.230 e. The molecule has 19 heavy (non-hydrogen) atoms. The van der Waals surface area contributed by atoms with E-state index in [-0.39, 0.29) is 23.8 Å². The molecule has 1 N–H and O–H groups in total. The molecule has 1 saturated heterocycles. The van der Waals surface area contributed by atoms with Crippen LogP contribution in [0.5, 0.6) is 0 Å². The third kappa shape index (κ3) is 2.39. The van der Waals surface area contributed by atoms with Crippen molar-refractivity contribution in [2.75, 3.05) is 0 Å². The van der Waals surface area contributed by atoms with Crippen LogP contribution in [0.25, 0.3) is 0 Å². The van der Waals surface area contributed by atoms with Gasteiger partial charge in [0.05, 0.1) is 6.54 Å². The van der Waals surface area contributed by atoms with Gasteiger partial charge in [-0.15, -0.1) is 0 Å². The number of nitrogens with one attached hydrogen (secondary N) is 1. The second-order valence-corrected chi connectivity index (χ2v) is 5.72. The number of rotatable bonds is 2. The minimum Gasteiger partial charge on any atom is -0.275 e. The Balaban J connectivity index is 1.72. The molecule has 0 radical (unpaired) electrons. The van der Waals surface area contributed by atoms with Gasteiger partial charge >= 0.3 is 0 Å². The number of carbonyl (C=O) groups excluding carboxylic acids is 2. The number of amides is 2. The van der Waals surface area contributed by atoms with Crippen LogP contribution in [0.2, 0.25) is 0 Å². The molecule has 0 bridgehead atoms. The van der Waals surface area contributed by atoms with Crippen LogP contribution in [-0.2, 0) is 16.1 Å². The van der Waals surface area contributed by atoms with Crippen LogP contribution in [0.4, 0.5) is 0 Å². The molecule has 1 aromatic heterocycles. The van der Waals surface area contributed by atoms with Crippen LogP contribution in [0.1, 0.15) is 50.8 Å². The largest absolute Gasteiger partial charge is 0.275 e. The fraction of sp³-hybridized carbons (Fsp3) is 0.692. The lowest BCUT2D eigenvalue weighted by Crippen LogP contribution is -2.48. The van der Waals surface area contributed by atoms with Gasteiger partial charge in [-0.2, -0.15) is 5.10 Å². The van der Waals surface area contributed by atoms with E-state index in [2.05, 4.69) is 15.2 Å². The van der Waals surface area contributed by atoms with E-state index in [0.717, 1.165) is 25.7 Å². The predicted octanol–water partition coefficient (Wildman–Crippen LogP) is 1.40. The summed E-state index contributed by atoms with van der Waals surface area (Å²) in [5.41, 5.74) is -0.0513. The Kier molecular flexibility index (Phi) is 3.08. The molecule has 0 unspecified atom stereocenters. The summed E-state index contributed by atoms with van der Waals surface area (Å²) in [6, 6.07) is 0. The highest BCUT2D eigenvalue weighted by Gasteiger charge is 2.44. The zero-order chi connectivity index (χ0) is 13.3. The molecule has 3 rings (SSSR count). The van der Waals surface area contributed by atoms with Gasteiger partial charge < -0.3 is 0 Å². The van der Waals surface area contributed by atoms with Crippen LogP contribution in [0.3, 0.4) is 0 Å². The predicted molar refractivity (Wildman–Crippen MR) is 66.7 cm³/mol. The minimum atomic E-state index is -0.0606. The average molecular weight is 262 g/mol. The molecule has 2 heterocycles. The monoisotopic (exact) mass is 262 g/mol. The quantitative estimate of drug-likeness (QED) is 0.817. The second-order valence-electron chi connectivity index (χ2n) is 5.72. The van der Waals surface area contributed by atoms with Gasteiger partial charge in [0.15, 0.2) is 0 Å². The SMILES string of the molecule is O=C1CC2(CCCCC2)CC(=O)N1Cc1ncn[nH]1. The number of aromatic nitrogens is 3. The van der Waals surface area contributed by atoms with Crippen molar-refractivity contribution in [3.63, 3.8) is 0 Å². The highest BCUT2D eigenvalue weighted by Crippen LogP contribution is 2.45. The van der Waals surface area contributed by atoms with E-state index in [1.54, 1.807) is 0 Å². The highest BCUT2D eigenvalue weighted by molar-refractivity contribution is 5.98. The van der Waals surface area contributed by atoms with Gasteiger partial charge in [0.1, 0.15) is 12.2 Å². The van der Waals surface area contributed by atoms with Crippen molar-refractivity contribution >= 4 is 11.8 Å². The molecule has 6 nitrogen and oxygen atoms in total. The van der Waals surface area contributed by atoms with Gasteiger partial charge in [-0.3, -0.25) is 19.6 Å². The van der Waals surface area contributed by atoms with E-state index in [0.29, 0.717) is 18.7 Å². The number of nitrogens with zero attached hydrogens (tertiary/aromatic N) is 3. The number of carbonyl (C=O) groups is 2. The van der Waals surface area contributed by atoms with Gasteiger partial charge in [0.25, 0.3) is 0 Å². The van der Waals surface area contributed by atoms with Gasteiger partial charge in [-0.05, 0) is 18.3 Å². The van der Waals surface area contributed by atoms with E-state index >= 15 is 0 Å². The summed E-state index contributed by atoms with van der Waals surface area (Å²) in [6.07, 6.45) is 7.94. The Labute approximate surface area is 111 Å². The first kappa shape index (κ1) is 12.3. The Morgan fingerprint density at radius 3 is 2.42 bits per heavy atom. The standard InChI is InChI=1S/C13H18N4O2/c18-11-6-13(4-2-1-3-5-13)7-12(19)17(11)8-10-14-9-15-16-10/h9H,1-8H2,(H,14,15,16). The molecule has 1 aromatic rings. The molecule has 2 fully saturated rings. The van der Waals surface area contributed by atoms with Crippen molar-refractivity contribution < 1.29 is 9.59 Å². The van der Waals surface area contributed by atoms with Crippen molar-refractivity contribution in [3.05, 3.63) is 12.2 Å². The van der Waals surface area contributed by atoms with Crippen molar-refractivity contribution in [3.8, 4) is 0 Å². The molecule has 1 aliphatic heterocycles. The number of aromatic amines is 1. The Bertz CT molecular complexity index is 457. The summed E-state index contributed by atoms with van der Waals surface area (Å²) in [6.45, 7) is 0.216. The fourth-order valence-corrected chi connectivity index (χ4v) is 3.32. The Hall–Kier alpha value is -1.72. The summed E-state index contributed by atoms with van der Waals surface area (Å²) < 4.78 is 0. The lowest BCUT2D eigenvalue weighted by molar-refractivity contribution is -0.155. The molecule has 2 aliphatic rings. The van der Waals surface area contributed by atoms with Crippen molar-refractivity contribution in [2.24, 2.45) is 5.41 Å². The smallest absolute Gasteiger partial charge is 0.230 e. The van der Waals surface area contributed by atoms with E-state index in [1.165, 1.54) is 17.6 Å². The summed E-state index contributed by atoms with van der Waals surface area (Å²) in [5.74, 6) is 0.436. The molecule has 2 amide bonds. The third-order valence-corrected chi connectivity index (χ3v) is 4.34. The van der Waals surface area contributed by atoms with Crippen LogP contribution in [-0.4, -0.2) is 31.9 Å². The molecule has 0 atom stereocenters. The first-order chi connectivity index (χ1) is 9.19. The van der Waals surface area contributed by atoms with Crippen molar-refractivity contribution in [2.45, 2.75) is 51.5 Å². The molecule has 0 aromatic carbocycles. The maximum absolute atomic E-state index is 12.2. The van der Waals surface area contributed by atoms with E-state index < -0.39 is 0 Å². The Morgan fingerprint density at radius 2 is 1.84 bits per heavy atom. The zero-order valence-electron chi connectivity index (χ0n) is 10.9.